The van der Waals surface area contributed by atoms with E-state index in [1.807, 2.05) is 31.5 Å². The number of likely N-dealkylation sites (N-methyl/N-ethyl adjacent to an activating group) is 1. The zero-order valence-electron chi connectivity index (χ0n) is 19.6. The highest BCUT2D eigenvalue weighted by molar-refractivity contribution is 6.32. The zero-order valence-corrected chi connectivity index (χ0v) is 20.3. The van der Waals surface area contributed by atoms with E-state index in [4.69, 9.17) is 16.6 Å². The minimum Gasteiger partial charge on any atom is -0.341 e. The maximum Gasteiger partial charge on any atom is 0.251 e. The van der Waals surface area contributed by atoms with Crippen LogP contribution in [0.4, 0.5) is 11.8 Å². The number of anilines is 2. The third-order valence-corrected chi connectivity index (χ3v) is 7.31. The summed E-state index contributed by atoms with van der Waals surface area (Å²) in [7, 11) is 1.85. The van der Waals surface area contributed by atoms with Crippen molar-refractivity contribution in [3.63, 3.8) is 0 Å². The summed E-state index contributed by atoms with van der Waals surface area (Å²) >= 11 is 6.45. The molecule has 5 rings (SSSR count). The molecule has 2 atom stereocenters. The van der Waals surface area contributed by atoms with Gasteiger partial charge in [-0.3, -0.25) is 9.48 Å². The fourth-order valence-electron chi connectivity index (χ4n) is 4.94. The molecule has 0 saturated carbocycles. The van der Waals surface area contributed by atoms with Gasteiger partial charge >= 0.3 is 0 Å². The summed E-state index contributed by atoms with van der Waals surface area (Å²) in [6, 6.07) is 1.84. The van der Waals surface area contributed by atoms with Crippen LogP contribution in [0.25, 0.3) is 0 Å². The number of carbonyl (C=O) groups is 1. The van der Waals surface area contributed by atoms with Crippen LogP contribution in [-0.2, 0) is 11.3 Å². The fraction of sp³-hybridized carbons (Fsp3) is 0.440. The first-order chi connectivity index (χ1) is 16.5. The highest BCUT2D eigenvalue weighted by Gasteiger charge is 2.33. The first-order valence-corrected chi connectivity index (χ1v) is 12.3. The molecule has 178 valence electrons. The zero-order chi connectivity index (χ0) is 23.7. The smallest absolute Gasteiger partial charge is 0.251 e. The molecule has 8 nitrogen and oxygen atoms in total. The highest BCUT2D eigenvalue weighted by atomic mass is 35.5. The van der Waals surface area contributed by atoms with Gasteiger partial charge in [0, 0.05) is 49.7 Å². The summed E-state index contributed by atoms with van der Waals surface area (Å²) in [6.07, 6.45) is 17.0. The molecule has 2 unspecified atom stereocenters. The lowest BCUT2D eigenvalue weighted by Crippen LogP contribution is -2.45. The van der Waals surface area contributed by atoms with E-state index in [0.29, 0.717) is 23.3 Å². The Morgan fingerprint density at radius 2 is 2.06 bits per heavy atom. The van der Waals surface area contributed by atoms with Gasteiger partial charge in [-0.15, -0.1) is 0 Å². The molecule has 1 amide bonds. The number of fused-ring (bicyclic) bond motifs is 1. The predicted octanol–water partition coefficient (Wildman–Crippen LogP) is 3.90. The maximum atomic E-state index is 12.9. The molecule has 3 aliphatic rings. The summed E-state index contributed by atoms with van der Waals surface area (Å²) in [5.74, 6) is 2.18. The lowest BCUT2D eigenvalue weighted by Gasteiger charge is -2.37. The van der Waals surface area contributed by atoms with Gasteiger partial charge in [0.2, 0.25) is 5.95 Å². The molecule has 1 N–H and O–H groups in total. The van der Waals surface area contributed by atoms with Crippen LogP contribution in [0.1, 0.15) is 26.2 Å². The van der Waals surface area contributed by atoms with Crippen molar-refractivity contribution in [2.24, 2.45) is 11.8 Å². The Kier molecular flexibility index (Phi) is 6.41. The molecule has 4 heterocycles. The summed E-state index contributed by atoms with van der Waals surface area (Å²) in [5, 5.41) is 8.10. The predicted molar refractivity (Wildman–Crippen MR) is 133 cm³/mol. The number of nitrogens with one attached hydrogen (secondary N) is 1. The van der Waals surface area contributed by atoms with Crippen molar-refractivity contribution in [1.82, 2.24) is 24.6 Å². The van der Waals surface area contributed by atoms with Crippen LogP contribution >= 0.6 is 11.6 Å². The van der Waals surface area contributed by atoms with Gasteiger partial charge in [0.05, 0.1) is 18.8 Å². The van der Waals surface area contributed by atoms with Gasteiger partial charge in [-0.05, 0) is 30.9 Å². The van der Waals surface area contributed by atoms with Crippen molar-refractivity contribution in [2.45, 2.75) is 38.8 Å². The van der Waals surface area contributed by atoms with E-state index in [0.717, 1.165) is 30.3 Å². The molecule has 0 spiro atoms. The van der Waals surface area contributed by atoms with E-state index in [-0.39, 0.29) is 17.9 Å². The van der Waals surface area contributed by atoms with E-state index < -0.39 is 0 Å². The van der Waals surface area contributed by atoms with Crippen LogP contribution in [0, 0.1) is 11.8 Å². The number of allylic oxidation sites excluding steroid dienone is 1. The van der Waals surface area contributed by atoms with Gasteiger partial charge in [-0.1, -0.05) is 43.2 Å². The number of carbonyl (C=O) groups excluding carboxylic acids is 1. The number of halogens is 1. The Balaban J connectivity index is 1.34. The summed E-state index contributed by atoms with van der Waals surface area (Å²) < 4.78 is 1.77. The maximum absolute atomic E-state index is 12.9. The molecule has 2 aromatic rings. The first kappa shape index (κ1) is 22.7. The van der Waals surface area contributed by atoms with Crippen molar-refractivity contribution >= 4 is 29.3 Å². The van der Waals surface area contributed by atoms with Crippen LogP contribution in [0.15, 0.2) is 60.2 Å². The fourth-order valence-corrected chi connectivity index (χ4v) is 5.08. The normalized spacial score (nSPS) is 23.0. The first-order valence-electron chi connectivity index (χ1n) is 11.9. The van der Waals surface area contributed by atoms with Crippen LogP contribution in [0.2, 0.25) is 5.02 Å². The van der Waals surface area contributed by atoms with E-state index in [1.54, 1.807) is 22.0 Å². The quantitative estimate of drug-likeness (QED) is 0.676. The van der Waals surface area contributed by atoms with Gasteiger partial charge < -0.3 is 15.1 Å². The topological polar surface area (TPSA) is 79.2 Å². The largest absolute Gasteiger partial charge is 0.341 e. The number of rotatable bonds is 6. The van der Waals surface area contributed by atoms with Crippen molar-refractivity contribution in [2.75, 3.05) is 30.4 Å². The van der Waals surface area contributed by atoms with Crippen LogP contribution < -0.4 is 10.2 Å². The number of hydrogen-bond acceptors (Lipinski definition) is 6. The molecule has 0 bridgehead atoms. The van der Waals surface area contributed by atoms with E-state index >= 15 is 0 Å². The van der Waals surface area contributed by atoms with Gasteiger partial charge in [-0.25, -0.2) is 4.98 Å². The second-order valence-electron chi connectivity index (χ2n) is 9.19. The number of piperidine rings is 1. The number of nitrogens with zero attached hydrogens (tertiary/aromatic N) is 6. The van der Waals surface area contributed by atoms with Crippen LogP contribution in [0.3, 0.4) is 0 Å². The third-order valence-electron chi connectivity index (χ3n) is 7.04. The average molecular weight is 480 g/mol. The molecule has 34 heavy (non-hydrogen) atoms. The standard InChI is InChI=1S/C25H30ClN7O/c1-3-17-7-11-32(12-8-17)25-27-15-21(26)23(30-25)29-20-5-6-22-18(14-20)13-19(24(34)31(22)2)16-33-10-4-9-28-33/h4-6,9-10,13-15,17-18,22H,3,7-8,11-12,16H2,1-2H3,(H,27,29,30). The Morgan fingerprint density at radius 1 is 1.24 bits per heavy atom. The highest BCUT2D eigenvalue weighted by Crippen LogP contribution is 2.31. The molecule has 2 aliphatic heterocycles. The third kappa shape index (κ3) is 4.59. The molecule has 1 aliphatic carbocycles. The molecule has 1 fully saturated rings. The number of hydrogen-bond donors (Lipinski definition) is 1. The molecule has 0 radical (unpaired) electrons. The van der Waals surface area contributed by atoms with Crippen molar-refractivity contribution in [3.05, 3.63) is 65.3 Å². The molecule has 1 saturated heterocycles. The van der Waals surface area contributed by atoms with Gasteiger partial charge in [0.15, 0.2) is 5.82 Å². The summed E-state index contributed by atoms with van der Waals surface area (Å²) in [4.78, 5) is 26.1. The average Bonchev–Trinajstić information content (AvgIpc) is 3.37. The number of amides is 1. The van der Waals surface area contributed by atoms with Gasteiger partial charge in [0.25, 0.3) is 5.91 Å². The molecular weight excluding hydrogens is 450 g/mol. The Hall–Kier alpha value is -3.13. The molecular formula is C25H30ClN7O. The summed E-state index contributed by atoms with van der Waals surface area (Å²) in [6.45, 7) is 4.65. The minimum atomic E-state index is -0.0179. The second kappa shape index (κ2) is 9.62. The van der Waals surface area contributed by atoms with Crippen LogP contribution in [0.5, 0.6) is 0 Å². The molecule has 0 aromatic carbocycles. The lowest BCUT2D eigenvalue weighted by atomic mass is 9.87. The van der Waals surface area contributed by atoms with Crippen molar-refractivity contribution < 1.29 is 4.79 Å². The lowest BCUT2D eigenvalue weighted by molar-refractivity contribution is -0.128. The summed E-state index contributed by atoms with van der Waals surface area (Å²) in [5.41, 5.74) is 1.63. The van der Waals surface area contributed by atoms with Gasteiger partial charge in [-0.2, -0.15) is 10.1 Å². The second-order valence-corrected chi connectivity index (χ2v) is 9.60. The SMILES string of the molecule is CCC1CCN(c2ncc(Cl)c(NC3=CC4C=C(Cn5cccn5)C(=O)N(C)C4C=C3)n2)CC1. The monoisotopic (exact) mass is 479 g/mol. The Bertz CT molecular complexity index is 1130. The van der Waals surface area contributed by atoms with E-state index in [1.165, 1.54) is 19.3 Å². The van der Waals surface area contributed by atoms with Crippen molar-refractivity contribution in [1.29, 1.82) is 0 Å². The molecule has 2 aromatic heterocycles. The Labute approximate surface area is 205 Å². The molecule has 9 heteroatoms. The minimum absolute atomic E-state index is 0.0179. The number of aromatic nitrogens is 4. The van der Waals surface area contributed by atoms with E-state index in [9.17, 15) is 4.79 Å². The van der Waals surface area contributed by atoms with Crippen molar-refractivity contribution in [3.8, 4) is 0 Å². The Morgan fingerprint density at radius 3 is 2.79 bits per heavy atom. The van der Waals surface area contributed by atoms with Gasteiger partial charge in [0.1, 0.15) is 5.02 Å². The van der Waals surface area contributed by atoms with Crippen LogP contribution in [-0.4, -0.2) is 56.7 Å². The van der Waals surface area contributed by atoms with E-state index in [2.05, 4.69) is 39.4 Å².